The number of rotatable bonds is 6. The van der Waals surface area contributed by atoms with Crippen molar-refractivity contribution in [2.45, 2.75) is 19.4 Å². The molecule has 0 radical (unpaired) electrons. The first-order valence-corrected chi connectivity index (χ1v) is 8.95. The molecule has 2 aliphatic rings. The van der Waals surface area contributed by atoms with Gasteiger partial charge in [-0.1, -0.05) is 29.4 Å². The summed E-state index contributed by atoms with van der Waals surface area (Å²) in [5.41, 5.74) is 2.39. The van der Waals surface area contributed by atoms with Crippen molar-refractivity contribution in [2.24, 2.45) is 5.16 Å². The minimum absolute atomic E-state index is 0.00824. The fraction of sp³-hybridized carbons (Fsp3) is 0.474. The topological polar surface area (TPSA) is 75.8 Å². The van der Waals surface area contributed by atoms with E-state index in [9.17, 15) is 9.59 Å². The van der Waals surface area contributed by atoms with Crippen molar-refractivity contribution in [1.29, 1.82) is 0 Å². The summed E-state index contributed by atoms with van der Waals surface area (Å²) in [4.78, 5) is 36.3. The predicted octanol–water partition coefficient (Wildman–Crippen LogP) is 1.44. The van der Waals surface area contributed by atoms with Crippen molar-refractivity contribution in [3.05, 3.63) is 41.2 Å². The number of carbonyl (C=O) groups is 2. The second-order valence-corrected chi connectivity index (χ2v) is 6.48. The van der Waals surface area contributed by atoms with Crippen LogP contribution < -0.4 is 0 Å². The Bertz CT molecular complexity index is 769. The van der Waals surface area contributed by atoms with Gasteiger partial charge in [0.2, 0.25) is 5.91 Å². The maximum absolute atomic E-state index is 12.2. The average molecular weight is 370 g/mol. The molecule has 27 heavy (non-hydrogen) atoms. The molecule has 142 valence electrons. The quantitative estimate of drug-likeness (QED) is 0.559. The number of piperazine rings is 1. The molecule has 0 saturated carbocycles. The van der Waals surface area contributed by atoms with Gasteiger partial charge in [-0.05, 0) is 12.5 Å². The van der Waals surface area contributed by atoms with Gasteiger partial charge in [-0.3, -0.25) is 14.5 Å². The van der Waals surface area contributed by atoms with E-state index < -0.39 is 0 Å². The van der Waals surface area contributed by atoms with Crippen LogP contribution in [0.5, 0.6) is 0 Å². The maximum atomic E-state index is 12.2. The maximum Gasteiger partial charge on any atom is 0.325 e. The van der Waals surface area contributed by atoms with Crippen molar-refractivity contribution in [3.63, 3.8) is 0 Å². The third-order valence-corrected chi connectivity index (χ3v) is 4.55. The summed E-state index contributed by atoms with van der Waals surface area (Å²) in [6.45, 7) is 11.1. The van der Waals surface area contributed by atoms with E-state index in [0.29, 0.717) is 38.3 Å². The highest BCUT2D eigenvalue weighted by atomic mass is 16.6. The molecule has 3 rings (SSSR count). The second kappa shape index (κ2) is 8.64. The molecule has 1 aromatic carbocycles. The largest absolute Gasteiger partial charge is 0.465 e. The highest BCUT2D eigenvalue weighted by Gasteiger charge is 2.30. The number of hydrogen-bond acceptors (Lipinski definition) is 6. The van der Waals surface area contributed by atoms with Crippen LogP contribution in [0.15, 0.2) is 29.4 Å². The fourth-order valence-corrected chi connectivity index (χ4v) is 3.16. The van der Waals surface area contributed by atoms with Gasteiger partial charge in [-0.15, -0.1) is 0 Å². The zero-order chi connectivity index (χ0) is 19.2. The van der Waals surface area contributed by atoms with Crippen LogP contribution in [0.4, 0.5) is 5.69 Å². The highest BCUT2D eigenvalue weighted by molar-refractivity contribution is 6.01. The minimum Gasteiger partial charge on any atom is -0.465 e. The average Bonchev–Trinajstić information content (AvgIpc) is 3.13. The van der Waals surface area contributed by atoms with Crippen LogP contribution >= 0.6 is 0 Å². The molecule has 2 heterocycles. The summed E-state index contributed by atoms with van der Waals surface area (Å²) in [5.74, 6) is -0.455. The molecule has 0 aliphatic carbocycles. The first kappa shape index (κ1) is 18.9. The van der Waals surface area contributed by atoms with Crippen LogP contribution in [0.25, 0.3) is 4.85 Å². The van der Waals surface area contributed by atoms with Crippen LogP contribution in [0.1, 0.15) is 18.9 Å². The molecule has 1 unspecified atom stereocenters. The fourth-order valence-electron chi connectivity index (χ4n) is 3.16. The van der Waals surface area contributed by atoms with Gasteiger partial charge in [0.1, 0.15) is 12.6 Å². The van der Waals surface area contributed by atoms with Gasteiger partial charge in [0.25, 0.3) is 0 Å². The van der Waals surface area contributed by atoms with Gasteiger partial charge in [-0.2, -0.15) is 0 Å². The molecule has 1 saturated heterocycles. The Kier molecular flexibility index (Phi) is 6.04. The van der Waals surface area contributed by atoms with Crippen molar-refractivity contribution >= 4 is 23.3 Å². The Morgan fingerprint density at radius 2 is 2.15 bits per heavy atom. The van der Waals surface area contributed by atoms with E-state index >= 15 is 0 Å². The van der Waals surface area contributed by atoms with E-state index in [-0.39, 0.29) is 31.1 Å². The molecular weight excluding hydrogens is 348 g/mol. The molecule has 8 nitrogen and oxygen atoms in total. The van der Waals surface area contributed by atoms with Crippen LogP contribution in [0.3, 0.4) is 0 Å². The van der Waals surface area contributed by atoms with Gasteiger partial charge in [0, 0.05) is 26.1 Å². The number of carbonyl (C=O) groups excluding carboxylic acids is 2. The summed E-state index contributed by atoms with van der Waals surface area (Å²) in [5, 5.41) is 4.16. The van der Waals surface area contributed by atoms with Crippen molar-refractivity contribution in [2.75, 3.05) is 39.3 Å². The molecule has 0 aromatic heterocycles. The van der Waals surface area contributed by atoms with Crippen LogP contribution in [0, 0.1) is 6.57 Å². The second-order valence-electron chi connectivity index (χ2n) is 6.48. The zero-order valence-electron chi connectivity index (χ0n) is 15.3. The molecule has 1 aromatic rings. The third-order valence-electron chi connectivity index (χ3n) is 4.55. The summed E-state index contributed by atoms with van der Waals surface area (Å²) in [6.07, 6.45) is 0.555. The van der Waals surface area contributed by atoms with Crippen LogP contribution in [-0.4, -0.2) is 72.8 Å². The number of nitrogens with zero attached hydrogens (tertiary/aromatic N) is 4. The number of benzene rings is 1. The Morgan fingerprint density at radius 1 is 1.37 bits per heavy atom. The lowest BCUT2D eigenvalue weighted by Crippen LogP contribution is -2.53. The third kappa shape index (κ3) is 4.83. The molecule has 1 amide bonds. The number of hydrogen-bond donors (Lipinski definition) is 0. The first-order chi connectivity index (χ1) is 13.1. The monoisotopic (exact) mass is 370 g/mol. The molecule has 0 bridgehead atoms. The summed E-state index contributed by atoms with van der Waals surface area (Å²) in [6, 6.07) is 7.27. The van der Waals surface area contributed by atoms with E-state index in [1.807, 2.05) is 17.0 Å². The van der Waals surface area contributed by atoms with Gasteiger partial charge in [0.05, 0.1) is 25.4 Å². The summed E-state index contributed by atoms with van der Waals surface area (Å²) < 4.78 is 4.90. The molecular formula is C19H22N4O4. The van der Waals surface area contributed by atoms with E-state index in [1.54, 1.807) is 19.1 Å². The summed E-state index contributed by atoms with van der Waals surface area (Å²) >= 11 is 0. The lowest BCUT2D eigenvalue weighted by atomic mass is 10.0. The number of esters is 1. The number of amides is 1. The Balaban J connectivity index is 1.47. The normalized spacial score (nSPS) is 20.0. The Labute approximate surface area is 158 Å². The van der Waals surface area contributed by atoms with Crippen LogP contribution in [-0.2, 0) is 19.2 Å². The molecule has 1 atom stereocenters. The van der Waals surface area contributed by atoms with E-state index in [0.717, 1.165) is 11.3 Å². The van der Waals surface area contributed by atoms with Gasteiger partial charge in [0.15, 0.2) is 5.69 Å². The lowest BCUT2D eigenvalue weighted by molar-refractivity contribution is -0.151. The number of ether oxygens (including phenoxy) is 1. The van der Waals surface area contributed by atoms with Crippen molar-refractivity contribution in [1.82, 2.24) is 9.80 Å². The summed E-state index contributed by atoms with van der Waals surface area (Å²) in [7, 11) is 0. The molecule has 0 N–H and O–H groups in total. The Morgan fingerprint density at radius 3 is 2.81 bits per heavy atom. The predicted molar refractivity (Wildman–Crippen MR) is 98.4 cm³/mol. The number of oxime groups is 1. The van der Waals surface area contributed by atoms with Gasteiger partial charge in [-0.25, -0.2) is 4.85 Å². The molecule has 2 aliphatic heterocycles. The van der Waals surface area contributed by atoms with E-state index in [2.05, 4.69) is 10.0 Å². The molecule has 8 heteroatoms. The molecule has 1 fully saturated rings. The van der Waals surface area contributed by atoms with Gasteiger partial charge >= 0.3 is 5.97 Å². The first-order valence-electron chi connectivity index (χ1n) is 8.95. The van der Waals surface area contributed by atoms with Gasteiger partial charge < -0.3 is 14.5 Å². The van der Waals surface area contributed by atoms with Crippen LogP contribution in [0.2, 0.25) is 0 Å². The standard InChI is InChI=1S/C19H22N4O4/c1-3-26-19(25)13-23-9-8-22(12-18(23)24)11-16-10-17(21-27-16)14-4-6-15(20-2)7-5-14/h4-7,16H,3,8-13H2,1H3. The van der Waals surface area contributed by atoms with Crippen molar-refractivity contribution < 1.29 is 19.2 Å². The van der Waals surface area contributed by atoms with Crippen molar-refractivity contribution in [3.8, 4) is 0 Å². The highest BCUT2D eigenvalue weighted by Crippen LogP contribution is 2.20. The lowest BCUT2D eigenvalue weighted by Gasteiger charge is -2.34. The minimum atomic E-state index is -0.374. The Hall–Kier alpha value is -2.92. The van der Waals surface area contributed by atoms with E-state index in [4.69, 9.17) is 16.1 Å². The SMILES string of the molecule is [C-]#[N+]c1ccc(C2=NOC(CN3CCN(CC(=O)OCC)C(=O)C3)C2)cc1. The zero-order valence-corrected chi connectivity index (χ0v) is 15.3. The van der Waals surface area contributed by atoms with E-state index in [1.165, 1.54) is 4.90 Å². The smallest absolute Gasteiger partial charge is 0.325 e. The molecule has 0 spiro atoms.